The fraction of sp³-hybridized carbons (Fsp3) is 0.182. The molecule has 26 heavy (non-hydrogen) atoms. The van der Waals surface area contributed by atoms with Crippen LogP contribution in [0.3, 0.4) is 0 Å². The highest BCUT2D eigenvalue weighted by atomic mass is 16.1. The van der Waals surface area contributed by atoms with Gasteiger partial charge in [0.05, 0.1) is 0 Å². The Hall–Kier alpha value is -2.98. The summed E-state index contributed by atoms with van der Waals surface area (Å²) in [6.45, 7) is 1.40. The normalized spacial score (nSPS) is 10.7. The topological polar surface area (TPSA) is 45.2 Å². The van der Waals surface area contributed by atoms with Gasteiger partial charge in [-0.05, 0) is 48.5 Å². The first-order valence-corrected chi connectivity index (χ1v) is 8.63. The number of hydrogen-bond donors (Lipinski definition) is 1. The van der Waals surface area contributed by atoms with Gasteiger partial charge in [0.15, 0.2) is 0 Å². The van der Waals surface area contributed by atoms with Crippen molar-refractivity contribution >= 4 is 5.91 Å². The Kier molecular flexibility index (Phi) is 5.77. The summed E-state index contributed by atoms with van der Waals surface area (Å²) in [5.74, 6) is -0.0940. The lowest BCUT2D eigenvalue weighted by Gasteiger charge is -2.13. The summed E-state index contributed by atoms with van der Waals surface area (Å²) in [7, 11) is 4.13. The number of pyridine rings is 1. The molecule has 1 heterocycles. The van der Waals surface area contributed by atoms with Crippen molar-refractivity contribution in [3.63, 3.8) is 0 Å². The molecule has 0 aliphatic heterocycles. The van der Waals surface area contributed by atoms with E-state index in [0.29, 0.717) is 12.1 Å². The van der Waals surface area contributed by atoms with Crippen LogP contribution in [-0.4, -0.2) is 29.9 Å². The van der Waals surface area contributed by atoms with E-state index >= 15 is 0 Å². The van der Waals surface area contributed by atoms with Crippen molar-refractivity contribution in [2.75, 3.05) is 14.1 Å². The second kappa shape index (κ2) is 8.41. The van der Waals surface area contributed by atoms with Gasteiger partial charge in [0.1, 0.15) is 0 Å². The number of rotatable bonds is 6. The summed E-state index contributed by atoms with van der Waals surface area (Å²) < 4.78 is 0. The van der Waals surface area contributed by atoms with Crippen LogP contribution in [0.25, 0.3) is 11.1 Å². The van der Waals surface area contributed by atoms with Crippen molar-refractivity contribution in [3.8, 4) is 11.1 Å². The molecule has 1 aromatic heterocycles. The number of hydrogen-bond acceptors (Lipinski definition) is 3. The maximum atomic E-state index is 12.3. The Morgan fingerprint density at radius 1 is 0.962 bits per heavy atom. The maximum Gasteiger partial charge on any atom is 0.251 e. The number of nitrogens with zero attached hydrogens (tertiary/aromatic N) is 2. The summed E-state index contributed by atoms with van der Waals surface area (Å²) >= 11 is 0. The number of nitrogens with one attached hydrogen (secondary N) is 1. The molecule has 0 spiro atoms. The van der Waals surface area contributed by atoms with Crippen LogP contribution in [0.2, 0.25) is 0 Å². The van der Waals surface area contributed by atoms with E-state index in [1.54, 1.807) is 24.5 Å². The molecule has 0 saturated carbocycles. The quantitative estimate of drug-likeness (QED) is 0.740. The van der Waals surface area contributed by atoms with Crippen molar-refractivity contribution in [1.82, 2.24) is 15.2 Å². The summed E-state index contributed by atoms with van der Waals surface area (Å²) in [4.78, 5) is 18.4. The Balaban J connectivity index is 1.75. The van der Waals surface area contributed by atoms with Crippen LogP contribution in [0.1, 0.15) is 21.5 Å². The van der Waals surface area contributed by atoms with E-state index in [-0.39, 0.29) is 5.91 Å². The number of amides is 1. The van der Waals surface area contributed by atoms with Crippen molar-refractivity contribution in [3.05, 3.63) is 89.7 Å². The summed E-state index contributed by atoms with van der Waals surface area (Å²) in [5, 5.41) is 2.99. The van der Waals surface area contributed by atoms with Crippen molar-refractivity contribution in [2.45, 2.75) is 13.1 Å². The number of benzene rings is 2. The standard InChI is InChI=1S/C22H23N3O/c1-25(2)16-17-7-9-18(10-8-17)21-6-4-3-5-20(21)15-24-22(26)19-11-13-23-14-12-19/h3-14H,15-16H2,1-2H3,(H,24,26). The molecule has 0 bridgehead atoms. The molecule has 0 radical (unpaired) electrons. The Morgan fingerprint density at radius 3 is 2.35 bits per heavy atom. The summed E-state index contributed by atoms with van der Waals surface area (Å²) in [6.07, 6.45) is 3.25. The molecule has 4 heteroatoms. The molecule has 3 rings (SSSR count). The Labute approximate surface area is 154 Å². The maximum absolute atomic E-state index is 12.3. The van der Waals surface area contributed by atoms with Gasteiger partial charge in [-0.1, -0.05) is 48.5 Å². The van der Waals surface area contributed by atoms with Crippen molar-refractivity contribution in [1.29, 1.82) is 0 Å². The van der Waals surface area contributed by atoms with Gasteiger partial charge in [0.25, 0.3) is 5.91 Å². The zero-order chi connectivity index (χ0) is 18.4. The highest BCUT2D eigenvalue weighted by molar-refractivity contribution is 5.94. The van der Waals surface area contributed by atoms with E-state index < -0.39 is 0 Å². The third-order valence-corrected chi connectivity index (χ3v) is 4.16. The summed E-state index contributed by atoms with van der Waals surface area (Å²) in [5.41, 5.74) is 5.28. The largest absolute Gasteiger partial charge is 0.348 e. The second-order valence-electron chi connectivity index (χ2n) is 6.51. The highest BCUT2D eigenvalue weighted by Crippen LogP contribution is 2.24. The first kappa shape index (κ1) is 17.8. The third kappa shape index (κ3) is 4.55. The molecule has 2 aromatic carbocycles. The number of carbonyl (C=O) groups is 1. The SMILES string of the molecule is CN(C)Cc1ccc(-c2ccccc2CNC(=O)c2ccncc2)cc1. The second-order valence-corrected chi connectivity index (χ2v) is 6.51. The lowest BCUT2D eigenvalue weighted by Crippen LogP contribution is -2.23. The minimum atomic E-state index is -0.0940. The predicted octanol–water partition coefficient (Wildman–Crippen LogP) is 3.74. The van der Waals surface area contributed by atoms with Crippen LogP contribution in [0.5, 0.6) is 0 Å². The van der Waals surface area contributed by atoms with Crippen LogP contribution >= 0.6 is 0 Å². The van der Waals surface area contributed by atoms with Crippen LogP contribution < -0.4 is 5.32 Å². The third-order valence-electron chi connectivity index (χ3n) is 4.16. The van der Waals surface area contributed by atoms with Crippen molar-refractivity contribution < 1.29 is 4.79 Å². The molecule has 0 atom stereocenters. The Morgan fingerprint density at radius 2 is 1.65 bits per heavy atom. The average molecular weight is 345 g/mol. The molecule has 1 amide bonds. The molecule has 3 aromatic rings. The van der Waals surface area contributed by atoms with Gasteiger partial charge in [-0.25, -0.2) is 0 Å². The minimum Gasteiger partial charge on any atom is -0.348 e. The molecule has 0 aliphatic rings. The molecule has 0 aliphatic carbocycles. The first-order chi connectivity index (χ1) is 12.6. The monoisotopic (exact) mass is 345 g/mol. The molecular weight excluding hydrogens is 322 g/mol. The van der Waals surface area contributed by atoms with Gasteiger partial charge in [-0.2, -0.15) is 0 Å². The molecular formula is C22H23N3O. The first-order valence-electron chi connectivity index (χ1n) is 8.63. The van der Waals surface area contributed by atoms with Gasteiger partial charge < -0.3 is 10.2 Å². The number of aromatic nitrogens is 1. The molecule has 132 valence electrons. The summed E-state index contributed by atoms with van der Waals surface area (Å²) in [6, 6.07) is 20.2. The van der Waals surface area contributed by atoms with Crippen molar-refractivity contribution in [2.24, 2.45) is 0 Å². The average Bonchev–Trinajstić information content (AvgIpc) is 2.67. The lowest BCUT2D eigenvalue weighted by molar-refractivity contribution is 0.0951. The Bertz CT molecular complexity index is 858. The van der Waals surface area contributed by atoms with E-state index in [9.17, 15) is 4.79 Å². The molecule has 4 nitrogen and oxygen atoms in total. The molecule has 0 fully saturated rings. The predicted molar refractivity (Wildman–Crippen MR) is 105 cm³/mol. The van der Waals surface area contributed by atoms with Crippen LogP contribution in [0, 0.1) is 0 Å². The fourth-order valence-electron chi connectivity index (χ4n) is 2.89. The van der Waals surface area contributed by atoms with Gasteiger partial charge in [0.2, 0.25) is 0 Å². The minimum absolute atomic E-state index is 0.0940. The molecule has 0 saturated heterocycles. The zero-order valence-electron chi connectivity index (χ0n) is 15.1. The number of carbonyl (C=O) groups excluding carboxylic acids is 1. The molecule has 0 unspecified atom stereocenters. The fourth-order valence-corrected chi connectivity index (χ4v) is 2.89. The van der Waals surface area contributed by atoms with Gasteiger partial charge in [-0.15, -0.1) is 0 Å². The van der Waals surface area contributed by atoms with Crippen LogP contribution in [0.4, 0.5) is 0 Å². The van der Waals surface area contributed by atoms with Crippen LogP contribution in [-0.2, 0) is 13.1 Å². The van der Waals surface area contributed by atoms with Gasteiger partial charge in [0, 0.05) is 31.0 Å². The highest BCUT2D eigenvalue weighted by Gasteiger charge is 2.08. The zero-order valence-corrected chi connectivity index (χ0v) is 15.1. The van der Waals surface area contributed by atoms with Gasteiger partial charge >= 0.3 is 0 Å². The van der Waals surface area contributed by atoms with E-state index in [4.69, 9.17) is 0 Å². The van der Waals surface area contributed by atoms with E-state index in [0.717, 1.165) is 23.2 Å². The molecule has 1 N–H and O–H groups in total. The van der Waals surface area contributed by atoms with E-state index in [1.165, 1.54) is 5.56 Å². The van der Waals surface area contributed by atoms with E-state index in [2.05, 4.69) is 65.7 Å². The van der Waals surface area contributed by atoms with Crippen LogP contribution in [0.15, 0.2) is 73.1 Å². The van der Waals surface area contributed by atoms with Gasteiger partial charge in [-0.3, -0.25) is 9.78 Å². The lowest BCUT2D eigenvalue weighted by atomic mass is 9.98. The smallest absolute Gasteiger partial charge is 0.251 e. The van der Waals surface area contributed by atoms with E-state index in [1.807, 2.05) is 12.1 Å².